The van der Waals surface area contributed by atoms with Crippen LogP contribution in [-0.4, -0.2) is 46.9 Å². The normalized spacial score (nSPS) is 32.7. The van der Waals surface area contributed by atoms with E-state index >= 15 is 0 Å². The Kier molecular flexibility index (Phi) is 2.30. The third kappa shape index (κ3) is 1.34. The zero-order valence-corrected chi connectivity index (χ0v) is 9.42. The number of hydrogen-bond donors (Lipinski definition) is 0. The van der Waals surface area contributed by atoms with Crippen LogP contribution in [0.1, 0.15) is 33.6 Å². The van der Waals surface area contributed by atoms with E-state index in [0.29, 0.717) is 6.04 Å². The summed E-state index contributed by atoms with van der Waals surface area (Å²) in [7, 11) is 0. The van der Waals surface area contributed by atoms with Crippen LogP contribution in [0, 0.1) is 0 Å². The van der Waals surface area contributed by atoms with Crippen molar-refractivity contribution in [2.24, 2.45) is 0 Å². The Morgan fingerprint density at radius 1 is 1.29 bits per heavy atom. The van der Waals surface area contributed by atoms with E-state index in [1.54, 1.807) is 6.92 Å². The molecule has 2 aliphatic rings. The van der Waals surface area contributed by atoms with Crippen LogP contribution in [0.4, 0.5) is 0 Å². The molecule has 3 heteroatoms. The molecule has 2 heterocycles. The van der Waals surface area contributed by atoms with E-state index in [0.717, 1.165) is 19.6 Å². The van der Waals surface area contributed by atoms with Gasteiger partial charge in [0.05, 0.1) is 5.54 Å². The summed E-state index contributed by atoms with van der Waals surface area (Å²) in [6, 6.07) is 0.615. The number of nitrogens with zero attached hydrogens (tertiary/aromatic N) is 2. The monoisotopic (exact) mass is 196 g/mol. The van der Waals surface area contributed by atoms with Crippen LogP contribution in [0.2, 0.25) is 0 Å². The lowest BCUT2D eigenvalue weighted by Crippen LogP contribution is -2.63. The van der Waals surface area contributed by atoms with E-state index in [9.17, 15) is 4.79 Å². The van der Waals surface area contributed by atoms with E-state index < -0.39 is 0 Å². The van der Waals surface area contributed by atoms with Crippen LogP contribution < -0.4 is 0 Å². The lowest BCUT2D eigenvalue weighted by Gasteiger charge is -2.50. The van der Waals surface area contributed by atoms with Crippen molar-refractivity contribution < 1.29 is 4.79 Å². The highest BCUT2D eigenvalue weighted by atomic mass is 16.2. The molecule has 0 aromatic carbocycles. The molecule has 1 spiro atoms. The third-order valence-corrected chi connectivity index (χ3v) is 3.85. The molecule has 2 aliphatic heterocycles. The van der Waals surface area contributed by atoms with Gasteiger partial charge in [-0.3, -0.25) is 9.69 Å². The highest BCUT2D eigenvalue weighted by Crippen LogP contribution is 2.39. The van der Waals surface area contributed by atoms with Crippen molar-refractivity contribution >= 4 is 5.91 Å². The summed E-state index contributed by atoms with van der Waals surface area (Å²) in [5, 5.41) is 0. The van der Waals surface area contributed by atoms with Gasteiger partial charge in [0.15, 0.2) is 0 Å². The molecule has 0 aliphatic carbocycles. The predicted molar refractivity (Wildman–Crippen MR) is 56.1 cm³/mol. The lowest BCUT2D eigenvalue weighted by atomic mass is 9.83. The van der Waals surface area contributed by atoms with Crippen molar-refractivity contribution in [1.82, 2.24) is 9.80 Å². The minimum atomic E-state index is 0.218. The van der Waals surface area contributed by atoms with Gasteiger partial charge < -0.3 is 4.90 Å². The molecule has 1 atom stereocenters. The number of carbonyl (C=O) groups is 1. The maximum Gasteiger partial charge on any atom is 0.219 e. The number of hydrogen-bond acceptors (Lipinski definition) is 2. The molecule has 0 saturated carbocycles. The minimum Gasteiger partial charge on any atom is -0.336 e. The molecule has 14 heavy (non-hydrogen) atoms. The van der Waals surface area contributed by atoms with Crippen LogP contribution in [-0.2, 0) is 4.79 Å². The summed E-state index contributed by atoms with van der Waals surface area (Å²) < 4.78 is 0. The van der Waals surface area contributed by atoms with Crippen molar-refractivity contribution in [1.29, 1.82) is 0 Å². The van der Waals surface area contributed by atoms with Gasteiger partial charge in [-0.25, -0.2) is 0 Å². The quantitative estimate of drug-likeness (QED) is 0.627. The summed E-state index contributed by atoms with van der Waals surface area (Å²) in [6.45, 7) is 9.37. The number of rotatable bonds is 1. The highest BCUT2D eigenvalue weighted by Gasteiger charge is 2.50. The molecule has 2 rings (SSSR count). The predicted octanol–water partition coefficient (Wildman–Crippen LogP) is 1.09. The minimum absolute atomic E-state index is 0.218. The molecular formula is C11H20N2O. The van der Waals surface area contributed by atoms with Gasteiger partial charge in [0.2, 0.25) is 5.91 Å². The smallest absolute Gasteiger partial charge is 0.219 e. The summed E-state index contributed by atoms with van der Waals surface area (Å²) in [5.41, 5.74) is 0.218. The summed E-state index contributed by atoms with van der Waals surface area (Å²) in [5.74, 6) is 0.252. The first-order valence-corrected chi connectivity index (χ1v) is 5.57. The molecule has 1 amide bonds. The molecule has 2 saturated heterocycles. The average Bonchev–Trinajstić information content (AvgIpc) is 2.46. The first-order chi connectivity index (χ1) is 6.55. The summed E-state index contributed by atoms with van der Waals surface area (Å²) in [6.07, 6.45) is 2.38. The lowest BCUT2D eigenvalue weighted by molar-refractivity contribution is -0.144. The summed E-state index contributed by atoms with van der Waals surface area (Å²) in [4.78, 5) is 15.9. The molecule has 80 valence electrons. The Morgan fingerprint density at radius 3 is 2.29 bits per heavy atom. The van der Waals surface area contributed by atoms with E-state index in [2.05, 4.69) is 23.6 Å². The molecule has 0 N–H and O–H groups in total. The molecule has 1 unspecified atom stereocenters. The molecule has 0 aromatic heterocycles. The van der Waals surface area contributed by atoms with Crippen molar-refractivity contribution in [2.75, 3.05) is 19.6 Å². The first-order valence-electron chi connectivity index (χ1n) is 5.57. The van der Waals surface area contributed by atoms with Crippen LogP contribution in [0.15, 0.2) is 0 Å². The second kappa shape index (κ2) is 3.23. The Balaban J connectivity index is 2.03. The topological polar surface area (TPSA) is 23.6 Å². The van der Waals surface area contributed by atoms with Crippen LogP contribution in [0.5, 0.6) is 0 Å². The van der Waals surface area contributed by atoms with Crippen LogP contribution >= 0.6 is 0 Å². The van der Waals surface area contributed by atoms with Crippen LogP contribution in [0.3, 0.4) is 0 Å². The molecule has 0 bridgehead atoms. The Labute approximate surface area is 86.1 Å². The van der Waals surface area contributed by atoms with Gasteiger partial charge in [0.1, 0.15) is 0 Å². The van der Waals surface area contributed by atoms with Gasteiger partial charge in [-0.05, 0) is 26.7 Å². The molecular weight excluding hydrogens is 176 g/mol. The second-order valence-electron chi connectivity index (χ2n) is 4.96. The number of amides is 1. The van der Waals surface area contributed by atoms with Crippen LogP contribution in [0.25, 0.3) is 0 Å². The van der Waals surface area contributed by atoms with Crippen molar-refractivity contribution in [3.05, 3.63) is 0 Å². The van der Waals surface area contributed by atoms with Gasteiger partial charge in [-0.1, -0.05) is 0 Å². The first kappa shape index (κ1) is 9.97. The van der Waals surface area contributed by atoms with E-state index in [-0.39, 0.29) is 11.4 Å². The SMILES string of the molecule is CC(=O)N1CCC12CCN(C(C)C)C2. The largest absolute Gasteiger partial charge is 0.336 e. The van der Waals surface area contributed by atoms with Gasteiger partial charge >= 0.3 is 0 Å². The van der Waals surface area contributed by atoms with Gasteiger partial charge in [-0.15, -0.1) is 0 Å². The zero-order chi connectivity index (χ0) is 10.3. The number of carbonyl (C=O) groups excluding carboxylic acids is 1. The average molecular weight is 196 g/mol. The fraction of sp³-hybridized carbons (Fsp3) is 0.909. The van der Waals surface area contributed by atoms with Crippen molar-refractivity contribution in [2.45, 2.75) is 45.2 Å². The van der Waals surface area contributed by atoms with Gasteiger partial charge in [-0.2, -0.15) is 0 Å². The molecule has 3 nitrogen and oxygen atoms in total. The Morgan fingerprint density at radius 2 is 1.93 bits per heavy atom. The maximum atomic E-state index is 11.4. The Bertz CT molecular complexity index is 252. The van der Waals surface area contributed by atoms with E-state index in [1.165, 1.54) is 12.8 Å². The van der Waals surface area contributed by atoms with Gasteiger partial charge in [0, 0.05) is 32.6 Å². The van der Waals surface area contributed by atoms with Crippen molar-refractivity contribution in [3.8, 4) is 0 Å². The Hall–Kier alpha value is -0.570. The third-order valence-electron chi connectivity index (χ3n) is 3.85. The molecule has 2 fully saturated rings. The highest BCUT2D eigenvalue weighted by molar-refractivity contribution is 5.75. The molecule has 0 aromatic rings. The molecule has 0 radical (unpaired) electrons. The van der Waals surface area contributed by atoms with Gasteiger partial charge in [0.25, 0.3) is 0 Å². The zero-order valence-electron chi connectivity index (χ0n) is 9.42. The fourth-order valence-electron chi connectivity index (χ4n) is 2.78. The van der Waals surface area contributed by atoms with E-state index in [1.807, 2.05) is 0 Å². The maximum absolute atomic E-state index is 11.4. The van der Waals surface area contributed by atoms with E-state index in [4.69, 9.17) is 0 Å². The van der Waals surface area contributed by atoms with Crippen molar-refractivity contribution in [3.63, 3.8) is 0 Å². The number of likely N-dealkylation sites (tertiary alicyclic amines) is 2. The summed E-state index contributed by atoms with van der Waals surface area (Å²) >= 11 is 0. The fourth-order valence-corrected chi connectivity index (χ4v) is 2.78. The second-order valence-corrected chi connectivity index (χ2v) is 4.96. The standard InChI is InChI=1S/C11H20N2O/c1-9(2)12-6-4-11(8-12)5-7-13(11)10(3)14/h9H,4-8H2,1-3H3.